The van der Waals surface area contributed by atoms with Crippen LogP contribution in [0.25, 0.3) is 0 Å². The Balaban J connectivity index is 3.68. The zero-order chi connectivity index (χ0) is 10.3. The van der Waals surface area contributed by atoms with Crippen LogP contribution in [0.1, 0.15) is 27.2 Å². The molecule has 0 unspecified atom stereocenters. The minimum Gasteiger partial charge on any atom is -0.650 e. The molecule has 0 amide bonds. The summed E-state index contributed by atoms with van der Waals surface area (Å²) in [5.41, 5.74) is -0.467. The van der Waals surface area contributed by atoms with E-state index in [0.717, 1.165) is 0 Å². The van der Waals surface area contributed by atoms with Gasteiger partial charge in [0, 0.05) is 0 Å². The summed E-state index contributed by atoms with van der Waals surface area (Å²) in [5.74, 6) is -0.274. The Bertz CT molecular complexity index is 174. The van der Waals surface area contributed by atoms with Crippen molar-refractivity contribution in [2.45, 2.75) is 27.2 Å². The predicted molar refractivity (Wildman–Crippen MR) is 46.7 cm³/mol. The van der Waals surface area contributed by atoms with Crippen LogP contribution in [0.4, 0.5) is 0 Å². The zero-order valence-electron chi connectivity index (χ0n) is 8.25. The summed E-state index contributed by atoms with van der Waals surface area (Å²) in [5, 5.41) is 0. The molecular formula is C9H15O4-. The molecule has 0 aromatic rings. The molecule has 76 valence electrons. The number of esters is 1. The van der Waals surface area contributed by atoms with Crippen molar-refractivity contribution in [2.75, 3.05) is 13.2 Å². The van der Waals surface area contributed by atoms with E-state index in [4.69, 9.17) is 4.74 Å². The molecule has 0 aromatic carbocycles. The van der Waals surface area contributed by atoms with Crippen molar-refractivity contribution in [3.8, 4) is 0 Å². The monoisotopic (exact) mass is 187 g/mol. The SMILES string of the molecule is CCC(C)(C)C(=O)OCCO[C-]=O. The molecule has 0 N–H and O–H groups in total. The fraction of sp³-hybridized carbons (Fsp3) is 0.778. The van der Waals surface area contributed by atoms with Crippen LogP contribution in [0.15, 0.2) is 0 Å². The third-order valence-corrected chi connectivity index (χ3v) is 1.91. The van der Waals surface area contributed by atoms with Crippen LogP contribution in [0.3, 0.4) is 0 Å². The maximum atomic E-state index is 11.3. The van der Waals surface area contributed by atoms with Gasteiger partial charge in [-0.1, -0.05) is 13.4 Å². The second-order valence-electron chi connectivity index (χ2n) is 3.31. The number of carbonyl (C=O) groups is 1. The van der Waals surface area contributed by atoms with Gasteiger partial charge in [-0.25, -0.2) is 0 Å². The number of carbonyl (C=O) groups excluding carboxylic acids is 2. The van der Waals surface area contributed by atoms with E-state index in [-0.39, 0.29) is 19.2 Å². The number of hydrogen-bond donors (Lipinski definition) is 0. The van der Waals surface area contributed by atoms with E-state index >= 15 is 0 Å². The van der Waals surface area contributed by atoms with Gasteiger partial charge in [0.25, 0.3) is 0 Å². The van der Waals surface area contributed by atoms with E-state index in [9.17, 15) is 9.59 Å². The van der Waals surface area contributed by atoms with Gasteiger partial charge in [0.2, 0.25) is 0 Å². The molecule has 4 nitrogen and oxygen atoms in total. The van der Waals surface area contributed by atoms with Gasteiger partial charge < -0.3 is 14.3 Å². The van der Waals surface area contributed by atoms with Crippen LogP contribution in [0, 0.1) is 5.41 Å². The molecule has 0 aliphatic rings. The van der Waals surface area contributed by atoms with Gasteiger partial charge in [0.1, 0.15) is 6.61 Å². The number of ether oxygens (including phenoxy) is 2. The Morgan fingerprint density at radius 2 is 2.00 bits per heavy atom. The molecule has 0 heterocycles. The Hall–Kier alpha value is -1.06. The van der Waals surface area contributed by atoms with E-state index in [1.165, 1.54) is 6.47 Å². The average Bonchev–Trinajstić information content (AvgIpc) is 2.12. The van der Waals surface area contributed by atoms with Crippen molar-refractivity contribution in [3.05, 3.63) is 0 Å². The van der Waals surface area contributed by atoms with Gasteiger partial charge in [-0.05, 0) is 20.3 Å². The average molecular weight is 187 g/mol. The highest BCUT2D eigenvalue weighted by atomic mass is 16.6. The van der Waals surface area contributed by atoms with Crippen molar-refractivity contribution >= 4 is 12.4 Å². The molecule has 0 saturated carbocycles. The van der Waals surface area contributed by atoms with Gasteiger partial charge in [-0.3, -0.25) is 4.79 Å². The Labute approximate surface area is 78.2 Å². The second-order valence-corrected chi connectivity index (χ2v) is 3.31. The van der Waals surface area contributed by atoms with Gasteiger partial charge >= 0.3 is 5.97 Å². The van der Waals surface area contributed by atoms with Crippen LogP contribution in [-0.4, -0.2) is 25.7 Å². The first kappa shape index (κ1) is 11.9. The Kier molecular flexibility index (Phi) is 5.11. The quantitative estimate of drug-likeness (QED) is 0.354. The third-order valence-electron chi connectivity index (χ3n) is 1.91. The van der Waals surface area contributed by atoms with Crippen LogP contribution in [0.2, 0.25) is 0 Å². The van der Waals surface area contributed by atoms with Crippen molar-refractivity contribution in [1.82, 2.24) is 0 Å². The lowest BCUT2D eigenvalue weighted by Crippen LogP contribution is -2.26. The molecule has 0 aromatic heterocycles. The van der Waals surface area contributed by atoms with Crippen molar-refractivity contribution in [1.29, 1.82) is 0 Å². The highest BCUT2D eigenvalue weighted by Gasteiger charge is 2.26. The van der Waals surface area contributed by atoms with Crippen molar-refractivity contribution in [3.63, 3.8) is 0 Å². The van der Waals surface area contributed by atoms with Crippen molar-refractivity contribution < 1.29 is 19.1 Å². The lowest BCUT2D eigenvalue weighted by Gasteiger charge is -2.20. The molecular weight excluding hydrogens is 172 g/mol. The molecule has 0 aliphatic carbocycles. The smallest absolute Gasteiger partial charge is 0.311 e. The Morgan fingerprint density at radius 1 is 1.38 bits per heavy atom. The van der Waals surface area contributed by atoms with Crippen LogP contribution < -0.4 is 0 Å². The van der Waals surface area contributed by atoms with Crippen LogP contribution in [0.5, 0.6) is 0 Å². The van der Waals surface area contributed by atoms with Gasteiger partial charge in [0.15, 0.2) is 0 Å². The standard InChI is InChI=1S/C9H15O4/c1-4-9(2,3)8(11)13-6-5-12-7-10/h4-6H2,1-3H3/q-1. The van der Waals surface area contributed by atoms with E-state index in [0.29, 0.717) is 6.42 Å². The molecule has 0 spiro atoms. The van der Waals surface area contributed by atoms with E-state index in [1.54, 1.807) is 0 Å². The van der Waals surface area contributed by atoms with E-state index < -0.39 is 5.41 Å². The summed E-state index contributed by atoms with van der Waals surface area (Å²) >= 11 is 0. The predicted octanol–water partition coefficient (Wildman–Crippen LogP) is 1.05. The van der Waals surface area contributed by atoms with E-state index in [1.807, 2.05) is 20.8 Å². The topological polar surface area (TPSA) is 52.6 Å². The van der Waals surface area contributed by atoms with Crippen LogP contribution >= 0.6 is 0 Å². The minimum absolute atomic E-state index is 0.0645. The number of hydrogen-bond acceptors (Lipinski definition) is 4. The third kappa shape index (κ3) is 4.50. The fourth-order valence-electron chi connectivity index (χ4n) is 0.557. The first-order chi connectivity index (χ1) is 6.04. The molecule has 0 bridgehead atoms. The largest absolute Gasteiger partial charge is 0.650 e. The molecule has 0 saturated heterocycles. The highest BCUT2D eigenvalue weighted by Crippen LogP contribution is 2.21. The summed E-state index contributed by atoms with van der Waals surface area (Å²) < 4.78 is 9.10. The van der Waals surface area contributed by atoms with Gasteiger partial charge in [-0.15, -0.1) is 0 Å². The maximum absolute atomic E-state index is 11.3. The summed E-state index contributed by atoms with van der Waals surface area (Å²) in [4.78, 5) is 20.9. The zero-order valence-corrected chi connectivity index (χ0v) is 8.25. The highest BCUT2D eigenvalue weighted by molar-refractivity contribution is 5.75. The Morgan fingerprint density at radius 3 is 2.46 bits per heavy atom. The molecule has 0 fully saturated rings. The molecule has 4 heteroatoms. The van der Waals surface area contributed by atoms with Gasteiger partial charge in [-0.2, -0.15) is 0 Å². The lowest BCUT2D eigenvalue weighted by molar-refractivity contribution is -0.154. The maximum Gasteiger partial charge on any atom is 0.311 e. The first-order valence-electron chi connectivity index (χ1n) is 4.20. The minimum atomic E-state index is -0.467. The number of rotatable bonds is 6. The lowest BCUT2D eigenvalue weighted by atomic mass is 9.91. The summed E-state index contributed by atoms with van der Waals surface area (Å²) in [6.45, 7) is 6.94. The van der Waals surface area contributed by atoms with Crippen LogP contribution in [-0.2, 0) is 19.1 Å². The normalized spacial score (nSPS) is 10.7. The molecule has 0 atom stereocenters. The second kappa shape index (κ2) is 5.56. The molecule has 13 heavy (non-hydrogen) atoms. The molecule has 0 radical (unpaired) electrons. The fourth-order valence-corrected chi connectivity index (χ4v) is 0.557. The molecule has 0 aliphatic heterocycles. The first-order valence-corrected chi connectivity index (χ1v) is 4.20. The summed E-state index contributed by atoms with van der Waals surface area (Å²) in [6.07, 6.45) is 0.715. The molecule has 0 rings (SSSR count). The van der Waals surface area contributed by atoms with Gasteiger partial charge in [0.05, 0.1) is 12.0 Å². The van der Waals surface area contributed by atoms with E-state index in [2.05, 4.69) is 4.74 Å². The summed E-state index contributed by atoms with van der Waals surface area (Å²) in [6, 6.07) is 0. The summed E-state index contributed by atoms with van der Waals surface area (Å²) in [7, 11) is 0. The van der Waals surface area contributed by atoms with Crippen molar-refractivity contribution in [2.24, 2.45) is 5.41 Å².